The van der Waals surface area contributed by atoms with Gasteiger partial charge in [-0.05, 0) is 43.9 Å². The zero-order valence-electron chi connectivity index (χ0n) is 20.8. The molecule has 2 rings (SSSR count). The summed E-state index contributed by atoms with van der Waals surface area (Å²) in [6.07, 6.45) is 0. The van der Waals surface area contributed by atoms with Crippen molar-refractivity contribution in [1.29, 1.82) is 0 Å². The number of rotatable bonds is 10. The summed E-state index contributed by atoms with van der Waals surface area (Å²) in [5, 5.41) is 3.49. The van der Waals surface area contributed by atoms with E-state index in [1.54, 1.807) is 35.5 Å². The minimum Gasteiger partial charge on any atom is -0.497 e. The Morgan fingerprint density at radius 1 is 0.879 bits per heavy atom. The summed E-state index contributed by atoms with van der Waals surface area (Å²) in [4.78, 5) is 8.68. The lowest BCUT2D eigenvalue weighted by atomic mass is 10.1. The van der Waals surface area contributed by atoms with Crippen molar-refractivity contribution in [3.63, 3.8) is 0 Å². The lowest BCUT2D eigenvalue weighted by Crippen LogP contribution is -2.42. The van der Waals surface area contributed by atoms with Crippen LogP contribution in [0.3, 0.4) is 0 Å². The van der Waals surface area contributed by atoms with Crippen LogP contribution in [-0.4, -0.2) is 78.9 Å². The normalized spacial score (nSPS) is 12.0. The molecule has 0 aliphatic heterocycles. The molecular formula is C24H37IN4O4. The third-order valence-corrected chi connectivity index (χ3v) is 5.34. The number of aliphatic imine (C=N–C) groups is 1. The lowest BCUT2D eigenvalue weighted by Gasteiger charge is -2.29. The smallest absolute Gasteiger partial charge is 0.193 e. The molecule has 8 nitrogen and oxygen atoms in total. The summed E-state index contributed by atoms with van der Waals surface area (Å²) in [5.41, 5.74) is 2.16. The van der Waals surface area contributed by atoms with Gasteiger partial charge in [0.2, 0.25) is 0 Å². The average Bonchev–Trinajstić information content (AvgIpc) is 2.81. The quantitative estimate of drug-likeness (QED) is 0.265. The van der Waals surface area contributed by atoms with Crippen LogP contribution in [0.25, 0.3) is 0 Å². The third-order valence-electron chi connectivity index (χ3n) is 5.34. The van der Waals surface area contributed by atoms with Gasteiger partial charge in [-0.15, -0.1) is 24.0 Å². The van der Waals surface area contributed by atoms with E-state index in [1.165, 1.54) is 0 Å². The van der Waals surface area contributed by atoms with E-state index in [9.17, 15) is 0 Å². The molecule has 1 atom stereocenters. The maximum absolute atomic E-state index is 5.53. The molecule has 0 spiro atoms. The Labute approximate surface area is 214 Å². The van der Waals surface area contributed by atoms with Crippen LogP contribution in [0, 0.1) is 0 Å². The molecule has 0 amide bonds. The van der Waals surface area contributed by atoms with E-state index in [0.717, 1.165) is 28.6 Å². The lowest BCUT2D eigenvalue weighted by molar-refractivity contribution is 0.293. The Hall–Kier alpha value is -2.40. The second kappa shape index (κ2) is 14.0. The zero-order valence-corrected chi connectivity index (χ0v) is 23.2. The van der Waals surface area contributed by atoms with E-state index >= 15 is 0 Å². The van der Waals surface area contributed by atoms with Gasteiger partial charge in [-0.25, -0.2) is 0 Å². The van der Waals surface area contributed by atoms with Crippen molar-refractivity contribution in [3.05, 3.63) is 47.5 Å². The van der Waals surface area contributed by atoms with Crippen LogP contribution >= 0.6 is 24.0 Å². The highest BCUT2D eigenvalue weighted by Gasteiger charge is 2.19. The molecular weight excluding hydrogens is 535 g/mol. The molecule has 2 aromatic rings. The fourth-order valence-corrected chi connectivity index (χ4v) is 3.54. The van der Waals surface area contributed by atoms with Crippen molar-refractivity contribution in [1.82, 2.24) is 15.1 Å². The Kier molecular flexibility index (Phi) is 12.1. The van der Waals surface area contributed by atoms with Crippen molar-refractivity contribution in [2.75, 3.05) is 63.2 Å². The maximum atomic E-state index is 5.53. The van der Waals surface area contributed by atoms with Gasteiger partial charge < -0.3 is 34.1 Å². The minimum absolute atomic E-state index is 0. The first-order valence-corrected chi connectivity index (χ1v) is 10.4. The van der Waals surface area contributed by atoms with Crippen LogP contribution in [0.1, 0.15) is 17.2 Å². The SMILES string of the molecule is CN=C(NCC(c1ccc(OC)c(OC)c1)N(C)C)N(C)Cc1ccc(OC)cc1OC.I. The maximum Gasteiger partial charge on any atom is 0.193 e. The van der Waals surface area contributed by atoms with Crippen LogP contribution in [0.5, 0.6) is 23.0 Å². The molecule has 0 saturated heterocycles. The highest BCUT2D eigenvalue weighted by molar-refractivity contribution is 14.0. The molecule has 0 saturated carbocycles. The second-order valence-electron chi connectivity index (χ2n) is 7.56. The number of nitrogens with zero attached hydrogens (tertiary/aromatic N) is 3. The van der Waals surface area contributed by atoms with E-state index in [2.05, 4.69) is 40.3 Å². The molecule has 1 unspecified atom stereocenters. The van der Waals surface area contributed by atoms with Crippen LogP contribution in [0.2, 0.25) is 0 Å². The molecule has 9 heteroatoms. The summed E-state index contributed by atoms with van der Waals surface area (Å²) in [7, 11) is 14.5. The summed E-state index contributed by atoms with van der Waals surface area (Å²) in [5.74, 6) is 3.76. The Bertz CT molecular complexity index is 908. The Morgan fingerprint density at radius 3 is 2.09 bits per heavy atom. The number of hydrogen-bond donors (Lipinski definition) is 1. The van der Waals surface area contributed by atoms with Crippen LogP contribution < -0.4 is 24.3 Å². The Balaban J connectivity index is 0.00000544. The first kappa shape index (κ1) is 28.6. The summed E-state index contributed by atoms with van der Waals surface area (Å²) >= 11 is 0. The van der Waals surface area contributed by atoms with Crippen LogP contribution in [0.15, 0.2) is 41.4 Å². The predicted octanol–water partition coefficient (Wildman–Crippen LogP) is 3.65. The van der Waals surface area contributed by atoms with Gasteiger partial charge in [-0.2, -0.15) is 0 Å². The summed E-state index contributed by atoms with van der Waals surface area (Å²) in [6, 6.07) is 11.9. The van der Waals surface area contributed by atoms with E-state index in [4.69, 9.17) is 18.9 Å². The number of benzene rings is 2. The predicted molar refractivity (Wildman–Crippen MR) is 144 cm³/mol. The van der Waals surface area contributed by atoms with Crippen molar-refractivity contribution >= 4 is 29.9 Å². The highest BCUT2D eigenvalue weighted by atomic mass is 127. The zero-order chi connectivity index (χ0) is 23.7. The number of methoxy groups -OCH3 is 4. The number of halogens is 1. The summed E-state index contributed by atoms with van der Waals surface area (Å²) in [6.45, 7) is 1.30. The van der Waals surface area contributed by atoms with Crippen LogP contribution in [-0.2, 0) is 6.54 Å². The minimum atomic E-state index is 0. The van der Waals surface area contributed by atoms with Gasteiger partial charge in [-0.3, -0.25) is 4.99 Å². The average molecular weight is 572 g/mol. The summed E-state index contributed by atoms with van der Waals surface area (Å²) < 4.78 is 21.7. The molecule has 184 valence electrons. The molecule has 0 bridgehead atoms. The first-order chi connectivity index (χ1) is 15.4. The van der Waals surface area contributed by atoms with E-state index < -0.39 is 0 Å². The number of nitrogens with one attached hydrogen (secondary N) is 1. The van der Waals surface area contributed by atoms with Crippen molar-refractivity contribution in [2.45, 2.75) is 12.6 Å². The number of hydrogen-bond acceptors (Lipinski definition) is 6. The van der Waals surface area contributed by atoms with Crippen molar-refractivity contribution in [3.8, 4) is 23.0 Å². The largest absolute Gasteiger partial charge is 0.497 e. The highest BCUT2D eigenvalue weighted by Crippen LogP contribution is 2.31. The molecule has 0 aliphatic carbocycles. The van der Waals surface area contributed by atoms with Gasteiger partial charge in [-0.1, -0.05) is 6.07 Å². The topological polar surface area (TPSA) is 67.8 Å². The first-order valence-electron chi connectivity index (χ1n) is 10.4. The molecule has 0 aromatic heterocycles. The van der Waals surface area contributed by atoms with Gasteiger partial charge in [0.05, 0.1) is 34.5 Å². The molecule has 0 aliphatic rings. The van der Waals surface area contributed by atoms with E-state index in [0.29, 0.717) is 24.6 Å². The number of likely N-dealkylation sites (N-methyl/N-ethyl adjacent to an activating group) is 1. The fourth-order valence-electron chi connectivity index (χ4n) is 3.54. The number of ether oxygens (including phenoxy) is 4. The molecule has 2 aromatic carbocycles. The standard InChI is InChI=1S/C24H36N4O4.HI/c1-25-24(28(4)16-18-9-11-19(29-5)14-22(18)31-7)26-15-20(27(2)3)17-10-12-21(30-6)23(13-17)32-8;/h9-14,20H,15-16H2,1-8H3,(H,25,26);1H. The molecule has 0 heterocycles. The molecule has 0 radical (unpaired) electrons. The third kappa shape index (κ3) is 7.56. The van der Waals surface area contributed by atoms with Gasteiger partial charge in [0.25, 0.3) is 0 Å². The fraction of sp³-hybridized carbons (Fsp3) is 0.458. The van der Waals surface area contributed by atoms with Crippen LogP contribution in [0.4, 0.5) is 0 Å². The van der Waals surface area contributed by atoms with E-state index in [1.807, 2.05) is 37.4 Å². The number of guanidine groups is 1. The van der Waals surface area contributed by atoms with E-state index in [-0.39, 0.29) is 30.0 Å². The van der Waals surface area contributed by atoms with Gasteiger partial charge in [0.15, 0.2) is 17.5 Å². The second-order valence-corrected chi connectivity index (χ2v) is 7.56. The van der Waals surface area contributed by atoms with Crippen molar-refractivity contribution in [2.24, 2.45) is 4.99 Å². The van der Waals surface area contributed by atoms with Gasteiger partial charge >= 0.3 is 0 Å². The van der Waals surface area contributed by atoms with Crippen molar-refractivity contribution < 1.29 is 18.9 Å². The Morgan fingerprint density at radius 2 is 1.55 bits per heavy atom. The molecule has 33 heavy (non-hydrogen) atoms. The molecule has 1 N–H and O–H groups in total. The molecule has 0 fully saturated rings. The van der Waals surface area contributed by atoms with Gasteiger partial charge in [0.1, 0.15) is 11.5 Å². The van der Waals surface area contributed by atoms with Gasteiger partial charge in [0, 0.05) is 38.8 Å². The monoisotopic (exact) mass is 572 g/mol.